The third kappa shape index (κ3) is 6.17. The number of nitrogens with one attached hydrogen (secondary N) is 1. The zero-order valence-corrected chi connectivity index (χ0v) is 24.8. The lowest BCUT2D eigenvalue weighted by Gasteiger charge is -2.32. The highest BCUT2D eigenvalue weighted by Crippen LogP contribution is 2.41. The number of benzene rings is 3. The predicted molar refractivity (Wildman–Crippen MR) is 173 cm³/mol. The summed E-state index contributed by atoms with van der Waals surface area (Å²) < 4.78 is 11.2. The van der Waals surface area contributed by atoms with Crippen LogP contribution in [0.25, 0.3) is 22.0 Å². The molecule has 43 heavy (non-hydrogen) atoms. The van der Waals surface area contributed by atoms with E-state index in [-0.39, 0.29) is 18.5 Å². The van der Waals surface area contributed by atoms with Crippen molar-refractivity contribution in [2.75, 3.05) is 18.7 Å². The number of fused-ring (bicyclic) bond motifs is 2. The summed E-state index contributed by atoms with van der Waals surface area (Å²) in [5.41, 5.74) is 6.57. The number of hydrogen-bond donors (Lipinski definition) is 1. The van der Waals surface area contributed by atoms with Crippen molar-refractivity contribution in [2.24, 2.45) is 11.8 Å². The first kappa shape index (κ1) is 27.7. The number of carbonyl (C=O) groups excluding carboxylic acids is 1. The van der Waals surface area contributed by atoms with Gasteiger partial charge in [0.2, 0.25) is 6.79 Å². The SMILES string of the molecule is O=C(c1cc(NCCc2ccccc2)nc2ccc(-c3ccc4c(c3)OCO4)cc12)C1CCCC[C@H]1CC1=CCCCC1. The molecule has 1 fully saturated rings. The first-order chi connectivity index (χ1) is 21.2. The number of hydrogen-bond acceptors (Lipinski definition) is 5. The lowest BCUT2D eigenvalue weighted by atomic mass is 9.72. The van der Waals surface area contributed by atoms with Crippen LogP contribution in [-0.2, 0) is 6.42 Å². The fourth-order valence-electron chi connectivity index (χ4n) is 7.18. The molecule has 5 nitrogen and oxygen atoms in total. The van der Waals surface area contributed by atoms with Gasteiger partial charge in [0.1, 0.15) is 5.82 Å². The molecule has 0 amide bonds. The monoisotopic (exact) mass is 572 g/mol. The molecule has 1 unspecified atom stereocenters. The van der Waals surface area contributed by atoms with Gasteiger partial charge in [0.25, 0.3) is 0 Å². The molecule has 7 rings (SSSR count). The number of carbonyl (C=O) groups is 1. The van der Waals surface area contributed by atoms with E-state index in [0.717, 1.165) is 83.6 Å². The number of nitrogens with zero attached hydrogens (tertiary/aromatic N) is 1. The number of pyridine rings is 1. The Morgan fingerprint density at radius 3 is 2.58 bits per heavy atom. The summed E-state index contributed by atoms with van der Waals surface area (Å²) in [4.78, 5) is 19.6. The number of ketones is 1. The van der Waals surface area contributed by atoms with Crippen molar-refractivity contribution in [3.63, 3.8) is 0 Å². The van der Waals surface area contributed by atoms with Crippen LogP contribution in [0.5, 0.6) is 11.5 Å². The summed E-state index contributed by atoms with van der Waals surface area (Å²) in [5.74, 6) is 3.04. The van der Waals surface area contributed by atoms with Crippen molar-refractivity contribution in [1.29, 1.82) is 0 Å². The number of anilines is 1. The summed E-state index contributed by atoms with van der Waals surface area (Å²) >= 11 is 0. The second-order valence-corrected chi connectivity index (χ2v) is 12.3. The van der Waals surface area contributed by atoms with Crippen molar-refractivity contribution in [3.05, 3.63) is 95.6 Å². The van der Waals surface area contributed by atoms with Crippen LogP contribution in [0.1, 0.15) is 73.7 Å². The first-order valence-electron chi connectivity index (χ1n) is 16.1. The zero-order chi connectivity index (χ0) is 29.0. The van der Waals surface area contributed by atoms with Gasteiger partial charge in [-0.3, -0.25) is 4.79 Å². The molecule has 0 spiro atoms. The van der Waals surface area contributed by atoms with E-state index in [1.54, 1.807) is 5.57 Å². The molecule has 2 heterocycles. The van der Waals surface area contributed by atoms with Gasteiger partial charge in [0.15, 0.2) is 17.3 Å². The maximum Gasteiger partial charge on any atom is 0.231 e. The molecule has 0 bridgehead atoms. The number of ether oxygens (including phenoxy) is 2. The van der Waals surface area contributed by atoms with Crippen LogP contribution in [0.2, 0.25) is 0 Å². The number of Topliss-reactive ketones (excluding diaryl/α,β-unsaturated/α-hetero) is 1. The first-order valence-corrected chi connectivity index (χ1v) is 16.1. The summed E-state index contributed by atoms with van der Waals surface area (Å²) in [7, 11) is 0. The molecule has 5 heteroatoms. The Morgan fingerprint density at radius 2 is 1.70 bits per heavy atom. The minimum Gasteiger partial charge on any atom is -0.454 e. The van der Waals surface area contributed by atoms with Crippen LogP contribution < -0.4 is 14.8 Å². The molecular formula is C38H40N2O3. The van der Waals surface area contributed by atoms with E-state index >= 15 is 0 Å². The van der Waals surface area contributed by atoms with Crippen molar-refractivity contribution in [2.45, 2.75) is 64.2 Å². The predicted octanol–water partition coefficient (Wildman–Crippen LogP) is 9.16. The molecule has 3 aromatic carbocycles. The molecule has 2 aliphatic carbocycles. The average molecular weight is 573 g/mol. The Labute approximate surface area is 254 Å². The van der Waals surface area contributed by atoms with E-state index in [4.69, 9.17) is 14.5 Å². The van der Waals surface area contributed by atoms with E-state index in [1.807, 2.05) is 24.3 Å². The van der Waals surface area contributed by atoms with Gasteiger partial charge in [-0.25, -0.2) is 4.98 Å². The largest absolute Gasteiger partial charge is 0.454 e. The minimum absolute atomic E-state index is 0.0496. The molecule has 1 aromatic heterocycles. The Balaban J connectivity index is 1.23. The van der Waals surface area contributed by atoms with Gasteiger partial charge in [-0.15, -0.1) is 0 Å². The van der Waals surface area contributed by atoms with E-state index in [0.29, 0.717) is 5.92 Å². The highest BCUT2D eigenvalue weighted by molar-refractivity contribution is 6.10. The van der Waals surface area contributed by atoms with Crippen LogP contribution in [0, 0.1) is 11.8 Å². The van der Waals surface area contributed by atoms with E-state index < -0.39 is 0 Å². The Hall–Kier alpha value is -4.12. The second-order valence-electron chi connectivity index (χ2n) is 12.3. The fraction of sp³-hybridized carbons (Fsp3) is 0.368. The molecule has 1 aliphatic heterocycles. The van der Waals surface area contributed by atoms with Crippen molar-refractivity contribution < 1.29 is 14.3 Å². The van der Waals surface area contributed by atoms with Crippen molar-refractivity contribution >= 4 is 22.5 Å². The van der Waals surface area contributed by atoms with Crippen LogP contribution in [0.3, 0.4) is 0 Å². The van der Waals surface area contributed by atoms with Gasteiger partial charge in [-0.05, 0) is 104 Å². The third-order valence-electron chi connectivity index (χ3n) is 9.50. The molecule has 220 valence electrons. The summed E-state index contributed by atoms with van der Waals surface area (Å²) in [5, 5.41) is 4.46. The smallest absolute Gasteiger partial charge is 0.231 e. The number of allylic oxidation sites excluding steroid dienone is 2. The van der Waals surface area contributed by atoms with E-state index in [9.17, 15) is 4.79 Å². The van der Waals surface area contributed by atoms with Crippen LogP contribution >= 0.6 is 0 Å². The van der Waals surface area contributed by atoms with Crippen molar-refractivity contribution in [3.8, 4) is 22.6 Å². The normalized spacial score (nSPS) is 19.7. The molecule has 1 saturated carbocycles. The van der Waals surface area contributed by atoms with Gasteiger partial charge in [0, 0.05) is 23.4 Å². The number of rotatable bonds is 9. The van der Waals surface area contributed by atoms with Gasteiger partial charge < -0.3 is 14.8 Å². The summed E-state index contributed by atoms with van der Waals surface area (Å²) in [6.07, 6.45) is 13.8. The second kappa shape index (κ2) is 12.6. The van der Waals surface area contributed by atoms with Crippen molar-refractivity contribution in [1.82, 2.24) is 4.98 Å². The van der Waals surface area contributed by atoms with Gasteiger partial charge >= 0.3 is 0 Å². The summed E-state index contributed by atoms with van der Waals surface area (Å²) in [6, 6.07) is 24.8. The Bertz CT molecular complexity index is 1640. The van der Waals surface area contributed by atoms with Crippen LogP contribution in [0.4, 0.5) is 5.82 Å². The quantitative estimate of drug-likeness (QED) is 0.160. The molecule has 0 radical (unpaired) electrons. The molecule has 3 aliphatic rings. The van der Waals surface area contributed by atoms with Crippen LogP contribution in [-0.4, -0.2) is 24.1 Å². The topological polar surface area (TPSA) is 60.5 Å². The van der Waals surface area contributed by atoms with Gasteiger partial charge in [0.05, 0.1) is 5.52 Å². The maximum absolute atomic E-state index is 14.6. The van der Waals surface area contributed by atoms with Gasteiger partial charge in [-0.2, -0.15) is 0 Å². The van der Waals surface area contributed by atoms with Gasteiger partial charge in [-0.1, -0.05) is 67.0 Å². The number of aromatic nitrogens is 1. The molecule has 4 aromatic rings. The lowest BCUT2D eigenvalue weighted by molar-refractivity contribution is 0.0824. The van der Waals surface area contributed by atoms with E-state index in [1.165, 1.54) is 37.7 Å². The molecule has 0 saturated heterocycles. The van der Waals surface area contributed by atoms with E-state index in [2.05, 4.69) is 59.9 Å². The summed E-state index contributed by atoms with van der Waals surface area (Å²) in [6.45, 7) is 1.00. The maximum atomic E-state index is 14.6. The Morgan fingerprint density at radius 1 is 0.860 bits per heavy atom. The molecular weight excluding hydrogens is 532 g/mol. The molecule has 1 N–H and O–H groups in total. The zero-order valence-electron chi connectivity index (χ0n) is 24.8. The Kier molecular flexibility index (Phi) is 8.13. The minimum atomic E-state index is 0.0496. The average Bonchev–Trinajstić information content (AvgIpc) is 3.53. The molecule has 2 atom stereocenters. The standard InChI is InChI=1S/C38H40N2O3/c41-38(31-14-8-7-13-30(31)21-27-11-5-2-6-12-27)33-24-37(39-20-19-26-9-3-1-4-10-26)40-34-17-15-28(22-32(33)34)29-16-18-35-36(23-29)43-25-42-35/h1,3-4,9-11,15-18,22-24,30-31H,2,5-8,12-14,19-21,25H2,(H,39,40)/t30-,31?/m0/s1. The highest BCUT2D eigenvalue weighted by Gasteiger charge is 2.33. The van der Waals surface area contributed by atoms with Crippen LogP contribution in [0.15, 0.2) is 84.4 Å². The fourth-order valence-corrected chi connectivity index (χ4v) is 7.18. The highest BCUT2D eigenvalue weighted by atomic mass is 16.7. The lowest BCUT2D eigenvalue weighted by Crippen LogP contribution is -2.28. The third-order valence-corrected chi connectivity index (χ3v) is 9.50.